The third kappa shape index (κ3) is 26.1. The number of aliphatic hydroxyl groups is 1. The number of nitrogen functional groups attached to an aromatic ring is 8. The summed E-state index contributed by atoms with van der Waals surface area (Å²) in [7, 11) is -7.80. The average molecular weight is 1940 g/mol. The number of aromatic nitrogens is 5. The van der Waals surface area contributed by atoms with Gasteiger partial charge in [0.25, 0.3) is 31.4 Å². The topological polar surface area (TPSA) is 628 Å². The molecule has 35 nitrogen and oxygen atoms in total. The number of hydrogen-bond donors (Lipinski definition) is 18. The largest absolute Gasteiger partial charge is 0.508 e. The fraction of sp³-hybridized carbons (Fsp3) is 0.146. The maximum atomic E-state index is 11.9. The number of nitrogens with one attached hydrogen (secondary N) is 2. The van der Waals surface area contributed by atoms with E-state index in [1.54, 1.807) is 95.9 Å². The van der Waals surface area contributed by atoms with Crippen LogP contribution in [0.25, 0.3) is 70.2 Å². The highest BCUT2D eigenvalue weighted by Gasteiger charge is 2.37. The zero-order valence-electron chi connectivity index (χ0n) is 76.0. The first-order valence-electron chi connectivity index (χ1n) is 41.7. The number of aromatic amines is 2. The molecular weight excluding hydrogens is 1840 g/mol. The molecule has 1 amide bonds. The smallest absolute Gasteiger partial charge is 0.307 e. The Balaban J connectivity index is 0.000000179. The van der Waals surface area contributed by atoms with Crippen LogP contribution in [0.2, 0.25) is 0 Å². The van der Waals surface area contributed by atoms with E-state index in [4.69, 9.17) is 77.8 Å². The number of nitrogens with zero attached hydrogens (tertiary/aromatic N) is 6. The highest BCUT2D eigenvalue weighted by molar-refractivity contribution is 7.86. The molecule has 28 N–H and O–H groups in total. The molecule has 2 unspecified atom stereocenters. The number of aliphatic hydroxyl groups excluding tert-OH is 1. The Morgan fingerprint density at radius 3 is 1.66 bits per heavy atom. The van der Waals surface area contributed by atoms with Crippen LogP contribution in [0, 0.1) is 20.8 Å². The average Bonchev–Trinajstić information content (AvgIpc) is 1.61. The van der Waals surface area contributed by atoms with Crippen molar-refractivity contribution in [3.63, 3.8) is 0 Å². The number of rotatable bonds is 13. The van der Waals surface area contributed by atoms with Crippen molar-refractivity contribution in [3.05, 3.63) is 318 Å². The molecule has 15 aromatic rings. The van der Waals surface area contributed by atoms with Crippen molar-refractivity contribution < 1.29 is 70.0 Å². The summed E-state index contributed by atoms with van der Waals surface area (Å²) in [6.07, 6.45) is 9.30. The highest BCUT2D eigenvalue weighted by atomic mass is 32.2. The van der Waals surface area contributed by atoms with E-state index in [1.807, 2.05) is 86.2 Å². The van der Waals surface area contributed by atoms with Gasteiger partial charge in [0.2, 0.25) is 15.5 Å². The molecule has 136 heavy (non-hydrogen) atoms. The first-order valence-corrected chi connectivity index (χ1v) is 46.2. The number of carbonyl (C=O) groups excluding carboxylic acids is 1. The van der Waals surface area contributed by atoms with E-state index in [-0.39, 0.29) is 61.9 Å². The van der Waals surface area contributed by atoms with Crippen LogP contribution in [0.4, 0.5) is 51.2 Å². The SMILES string of the molecule is C=C/C(N)=C(N)\C=C\c1ccc(N)c(N)c1.CC(=O)N1c2ccc(O)cc2OC2C=C(O)C=CC21.CCn1/c(=N/N=c2\sc3cc(S(=O)(=O)O)ccc3n2CC)sc2cc(S(=O)(=O)O)ccc21.CCn1c2ccccc2c2cc(N)ccc21.COc1cc(CC(=O)O)ccc1O.Cc1cc(-c2cc(C)c(N)c(C)c2)ccc1N.Nc1cccc2c(=O)[nH][nH]c(=O)c12.Nc1ccccc1N.[2H]P=O. The van der Waals surface area contributed by atoms with E-state index in [9.17, 15) is 60.4 Å². The van der Waals surface area contributed by atoms with Gasteiger partial charge in [-0.1, -0.05) is 96.0 Å². The van der Waals surface area contributed by atoms with Crippen molar-refractivity contribution >= 4 is 174 Å². The Bertz CT molecular complexity index is 7520. The van der Waals surface area contributed by atoms with Gasteiger partial charge in [-0.05, 0) is 244 Å². The quantitative estimate of drug-likeness (QED) is 0.0168. The lowest BCUT2D eigenvalue weighted by Gasteiger charge is -2.40. The molecule has 11 aromatic carbocycles. The molecule has 2 aliphatic rings. The Morgan fingerprint density at radius 1 is 0.588 bits per heavy atom. The number of aliphatic carboxylic acids is 1. The molecule has 710 valence electrons. The van der Waals surface area contributed by atoms with Crippen LogP contribution in [0.5, 0.6) is 23.0 Å². The molecule has 17 rings (SSSR count). The van der Waals surface area contributed by atoms with Crippen LogP contribution in [0.15, 0.2) is 290 Å². The Kier molecular flexibility index (Phi) is 34.9. The molecule has 0 saturated carbocycles. The summed E-state index contributed by atoms with van der Waals surface area (Å²) in [6.45, 7) is 19.2. The predicted molar refractivity (Wildman–Crippen MR) is 545 cm³/mol. The Labute approximate surface area is 792 Å². The number of para-hydroxylation sites is 3. The third-order valence-corrected chi connectivity index (χ3v) is 24.6. The number of carboxylic acid groups (broad SMARTS) is 1. The monoisotopic (exact) mass is 1940 g/mol. The molecule has 0 fully saturated rings. The van der Waals surface area contributed by atoms with E-state index in [2.05, 4.69) is 93.1 Å². The number of amides is 1. The fourth-order valence-corrected chi connectivity index (χ4v) is 17.3. The van der Waals surface area contributed by atoms with Crippen molar-refractivity contribution in [2.45, 2.75) is 96.5 Å². The maximum absolute atomic E-state index is 11.9. The molecule has 40 heteroatoms. The summed E-state index contributed by atoms with van der Waals surface area (Å²) in [6, 6.07) is 59.8. The molecule has 1 aliphatic carbocycles. The molecule has 1 aliphatic heterocycles. The van der Waals surface area contributed by atoms with Crippen LogP contribution in [-0.4, -0.2) is 103 Å². The van der Waals surface area contributed by atoms with Crippen molar-refractivity contribution in [3.8, 4) is 34.1 Å². The second-order valence-electron chi connectivity index (χ2n) is 30.1. The lowest BCUT2D eigenvalue weighted by molar-refractivity contribution is -0.136. The van der Waals surface area contributed by atoms with Crippen molar-refractivity contribution in [2.75, 3.05) is 57.9 Å². The number of phenols is 2. The van der Waals surface area contributed by atoms with Gasteiger partial charge in [-0.2, -0.15) is 16.8 Å². The van der Waals surface area contributed by atoms with Gasteiger partial charge >= 0.3 is 5.97 Å². The lowest BCUT2D eigenvalue weighted by atomic mass is 9.97. The summed E-state index contributed by atoms with van der Waals surface area (Å²) >= 11 is 2.47. The zero-order chi connectivity index (χ0) is 101. The number of carbonyl (C=O) groups is 2. The highest BCUT2D eigenvalue weighted by Crippen LogP contribution is 2.41. The van der Waals surface area contributed by atoms with Crippen LogP contribution >= 0.6 is 31.7 Å². The van der Waals surface area contributed by atoms with E-state index < -0.39 is 41.4 Å². The number of fused-ring (bicyclic) bond motifs is 8. The van der Waals surface area contributed by atoms with Crippen LogP contribution < -0.4 is 92.4 Å². The van der Waals surface area contributed by atoms with Gasteiger partial charge in [-0.15, -0.1) is 10.2 Å². The van der Waals surface area contributed by atoms with Gasteiger partial charge in [-0.25, -0.2) is 0 Å². The van der Waals surface area contributed by atoms with Crippen molar-refractivity contribution in [1.82, 2.24) is 23.9 Å². The number of aryl methyl sites for hydroxylation is 6. The number of carboxylic acids is 1. The number of H-pyrrole nitrogens is 2. The van der Waals surface area contributed by atoms with E-state index in [1.165, 1.54) is 124 Å². The number of anilines is 9. The first-order chi connectivity index (χ1) is 65.0. The van der Waals surface area contributed by atoms with Gasteiger partial charge in [0.1, 0.15) is 33.7 Å². The number of nitrogens with two attached hydrogens (primary N) is 10. The second-order valence-corrected chi connectivity index (χ2v) is 34.9. The normalized spacial score (nSPS) is 13.4. The summed E-state index contributed by atoms with van der Waals surface area (Å²) < 4.78 is 96.5. The minimum absolute atomic E-state index is 0.0108. The predicted octanol–water partition coefficient (Wildman–Crippen LogP) is 14.7. The van der Waals surface area contributed by atoms with Crippen LogP contribution in [0.1, 0.15) is 55.5 Å². The summed E-state index contributed by atoms with van der Waals surface area (Å²) in [4.78, 5) is 47.0. The van der Waals surface area contributed by atoms with Gasteiger partial charge in [0, 0.05) is 83.3 Å². The Hall–Kier alpha value is -15.9. The molecule has 0 radical (unpaired) electrons. The maximum Gasteiger partial charge on any atom is 0.307 e. The number of phenolic OH excluding ortho intramolecular Hbond substituents is 2. The third-order valence-electron chi connectivity index (χ3n) is 20.9. The van der Waals surface area contributed by atoms with E-state index in [0.29, 0.717) is 100 Å². The van der Waals surface area contributed by atoms with Gasteiger partial charge in [-0.3, -0.25) is 47.9 Å². The van der Waals surface area contributed by atoms with Gasteiger partial charge < -0.3 is 101 Å². The number of benzene rings is 11. The summed E-state index contributed by atoms with van der Waals surface area (Å²) in [5, 5.41) is 53.0. The van der Waals surface area contributed by atoms with Gasteiger partial charge in [0.05, 0.1) is 100 Å². The summed E-state index contributed by atoms with van der Waals surface area (Å²) in [5.41, 5.74) is 73.9. The first kappa shape index (κ1) is 102. The summed E-state index contributed by atoms with van der Waals surface area (Å²) in [5.74, 6) is -0.128. The van der Waals surface area contributed by atoms with Gasteiger partial charge in [0.15, 0.2) is 11.5 Å². The number of allylic oxidation sites excluding steroid dienone is 3. The number of hydrogen-bond acceptors (Lipinski definition) is 28. The van der Waals surface area contributed by atoms with Crippen molar-refractivity contribution in [1.29, 1.82) is 1.28 Å². The minimum Gasteiger partial charge on any atom is -0.508 e. The lowest BCUT2D eigenvalue weighted by Crippen LogP contribution is -2.51. The fourth-order valence-electron chi connectivity index (χ4n) is 14.0. The molecule has 0 saturated heterocycles. The minimum atomic E-state index is -4.32. The molecular formula is C96H105N18O17PS4. The number of aromatic hydroxyl groups is 2. The second kappa shape index (κ2) is 46.5. The number of thiazole rings is 2. The molecule has 0 spiro atoms. The Morgan fingerprint density at radius 2 is 1.12 bits per heavy atom. The zero-order valence-corrected chi connectivity index (χ0v) is 79.2. The standard InChI is InChI=1S/C18H18N4O6S4.C15H18N2.C14H14N2.C14H13NO4.C12H16N4.C9H10O4.C8H7N3O2.C6H8N2.HOP/c1-3-21-13-7-5-11(31(23,24)25)9-15(13)29-17(21)19-20-18-22(4-2)14-8-6-12(32(26,27)28)10-16(14)30-18;1-9-6-12(4-5-14(9)16)13-7-10(2)15(17)11(3)8-13;1-2-16-13-6-4-3-5-11(13)12-9-10(15)7-8-14(12)16;1-8(16)15-11-4-2-9(17)6-13(11)19-14-7-10(18)3-5-12(14)15;1-2-9(13)10(14)5-3-8-4-6-11(15)12(16)7-8;1-13-8-4-6(5-9(11)12)2-3-7(8)10;9-5-3-1-2-4-6(5)8(13)11-10-7(4)12;7-5-3-1-2-4-6(5)8;1-2/h5-10H,3-4H2,1-2H3,(H,23,24,25)(H,26,27,28);4-8H,16-17H2,1-3H3;3-9H,2,15H2,1H3;2-7,11,13,17-18H,1H3;2-7H,1,13-16H2;2-4,10H,5H2,1H3,(H,11,12);1-3H,9H2,(H,10,12)(H,11,13);1-4H,7-8H2;2H/b19-17-,20-18-;;;;5-3+,10-9-;;;;/i;;;;;;;;2D. The van der Waals surface area contributed by atoms with Crippen molar-refractivity contribution in [2.24, 2.45) is 21.7 Å². The van der Waals surface area contributed by atoms with Crippen LogP contribution in [-0.2, 0) is 60.4 Å². The molecule has 2 atom stereocenters. The van der Waals surface area contributed by atoms with E-state index in [0.717, 1.165) is 56.9 Å². The molecule has 5 heterocycles. The molecule has 0 bridgehead atoms. The number of ether oxygens (including phenoxy) is 2. The molecule has 4 aromatic heterocycles. The number of methoxy groups -OCH3 is 1. The van der Waals surface area contributed by atoms with Crippen LogP contribution in [0.3, 0.4) is 0 Å². The van der Waals surface area contributed by atoms with E-state index >= 15 is 0 Å².